The minimum Gasteiger partial charge on any atom is -0.361 e. The van der Waals surface area contributed by atoms with Gasteiger partial charge < -0.3 is 10.3 Å². The first kappa shape index (κ1) is 20.2. The predicted octanol–water partition coefficient (Wildman–Crippen LogP) is 4.69. The van der Waals surface area contributed by atoms with Crippen LogP contribution in [0.2, 0.25) is 0 Å². The summed E-state index contributed by atoms with van der Waals surface area (Å²) in [5.74, 6) is 0.132. The Morgan fingerprint density at radius 2 is 1.75 bits per heavy atom. The number of aromatic nitrogens is 1. The number of H-pyrrole nitrogens is 1. The fourth-order valence-electron chi connectivity index (χ4n) is 3.87. The summed E-state index contributed by atoms with van der Waals surface area (Å²) in [6.45, 7) is 6.92. The lowest BCUT2D eigenvalue weighted by molar-refractivity contribution is -0.121. The molecule has 3 rings (SSSR count). The van der Waals surface area contributed by atoms with E-state index in [1.165, 1.54) is 16.5 Å². The topological polar surface area (TPSA) is 48.1 Å². The number of amides is 1. The molecular weight excluding hydrogens is 346 g/mol. The maximum Gasteiger partial charge on any atom is 0.220 e. The van der Waals surface area contributed by atoms with Crippen LogP contribution in [0.3, 0.4) is 0 Å². The van der Waals surface area contributed by atoms with Crippen LogP contribution < -0.4 is 5.32 Å². The van der Waals surface area contributed by atoms with Crippen molar-refractivity contribution >= 4 is 16.8 Å². The Balaban J connectivity index is 1.51. The molecule has 3 aromatic rings. The fourth-order valence-corrected chi connectivity index (χ4v) is 3.87. The van der Waals surface area contributed by atoms with Gasteiger partial charge in [-0.3, -0.25) is 9.69 Å². The van der Waals surface area contributed by atoms with Crippen molar-refractivity contribution in [2.24, 2.45) is 0 Å². The van der Waals surface area contributed by atoms with Gasteiger partial charge in [0.05, 0.1) is 6.04 Å². The average molecular weight is 378 g/mol. The summed E-state index contributed by atoms with van der Waals surface area (Å²) in [5.41, 5.74) is 3.70. The molecule has 0 radical (unpaired) electrons. The van der Waals surface area contributed by atoms with E-state index in [0.29, 0.717) is 13.0 Å². The van der Waals surface area contributed by atoms with Gasteiger partial charge in [0, 0.05) is 30.1 Å². The molecule has 4 heteroatoms. The van der Waals surface area contributed by atoms with E-state index in [9.17, 15) is 4.79 Å². The van der Waals surface area contributed by atoms with Gasteiger partial charge in [0.15, 0.2) is 0 Å². The van der Waals surface area contributed by atoms with Crippen LogP contribution in [-0.4, -0.2) is 35.4 Å². The smallest absolute Gasteiger partial charge is 0.220 e. The molecule has 1 amide bonds. The summed E-state index contributed by atoms with van der Waals surface area (Å²) < 4.78 is 0. The SMILES string of the molecule is CCN(CC)C(CNC(=O)CCCc1c[nH]c2ccccc12)c1ccccc1. The zero-order valence-electron chi connectivity index (χ0n) is 16.9. The zero-order valence-corrected chi connectivity index (χ0v) is 16.9. The Morgan fingerprint density at radius 1 is 1.04 bits per heavy atom. The summed E-state index contributed by atoms with van der Waals surface area (Å²) >= 11 is 0. The number of carbonyl (C=O) groups is 1. The van der Waals surface area contributed by atoms with E-state index >= 15 is 0 Å². The van der Waals surface area contributed by atoms with E-state index in [0.717, 1.165) is 31.4 Å². The Labute approximate surface area is 167 Å². The molecule has 0 saturated heterocycles. The Bertz CT molecular complexity index is 868. The van der Waals surface area contributed by atoms with Gasteiger partial charge >= 0.3 is 0 Å². The van der Waals surface area contributed by atoms with Gasteiger partial charge in [0.2, 0.25) is 5.91 Å². The number of carbonyl (C=O) groups excluding carboxylic acids is 1. The zero-order chi connectivity index (χ0) is 19.8. The van der Waals surface area contributed by atoms with E-state index < -0.39 is 0 Å². The van der Waals surface area contributed by atoms with Crippen molar-refractivity contribution in [2.75, 3.05) is 19.6 Å². The molecule has 0 aliphatic heterocycles. The number of aromatic amines is 1. The highest BCUT2D eigenvalue weighted by atomic mass is 16.1. The summed E-state index contributed by atoms with van der Waals surface area (Å²) in [7, 11) is 0. The Morgan fingerprint density at radius 3 is 2.50 bits per heavy atom. The van der Waals surface area contributed by atoms with Crippen molar-refractivity contribution in [2.45, 2.75) is 39.2 Å². The molecule has 148 valence electrons. The van der Waals surface area contributed by atoms with Gasteiger partial charge in [-0.15, -0.1) is 0 Å². The number of nitrogens with zero attached hydrogens (tertiary/aromatic N) is 1. The Kier molecular flexibility index (Phi) is 7.26. The molecule has 2 N–H and O–H groups in total. The molecular formula is C24H31N3O. The summed E-state index contributed by atoms with van der Waals surface area (Å²) in [5, 5.41) is 4.42. The molecule has 2 aromatic carbocycles. The highest BCUT2D eigenvalue weighted by Crippen LogP contribution is 2.21. The molecule has 1 aromatic heterocycles. The first-order chi connectivity index (χ1) is 13.7. The summed E-state index contributed by atoms with van der Waals surface area (Å²) in [4.78, 5) is 18.1. The molecule has 0 fully saturated rings. The van der Waals surface area contributed by atoms with Gasteiger partial charge in [0.1, 0.15) is 0 Å². The standard InChI is InChI=1S/C24H31N3O/c1-3-27(4-2)23(19-11-6-5-7-12-19)18-26-24(28)16-10-13-20-17-25-22-15-9-8-14-21(20)22/h5-9,11-12,14-15,17,23,25H,3-4,10,13,16,18H2,1-2H3,(H,26,28). The monoisotopic (exact) mass is 377 g/mol. The van der Waals surface area contributed by atoms with Crippen LogP contribution in [0.4, 0.5) is 0 Å². The van der Waals surface area contributed by atoms with Crippen molar-refractivity contribution in [3.05, 3.63) is 71.9 Å². The summed E-state index contributed by atoms with van der Waals surface area (Å²) in [6, 6.07) is 19.0. The van der Waals surface area contributed by atoms with Crippen LogP contribution in [0.1, 0.15) is 43.9 Å². The molecule has 4 nitrogen and oxygen atoms in total. The lowest BCUT2D eigenvalue weighted by Crippen LogP contribution is -2.38. The van der Waals surface area contributed by atoms with E-state index in [2.05, 4.69) is 77.7 Å². The van der Waals surface area contributed by atoms with Gasteiger partial charge in [-0.25, -0.2) is 0 Å². The third kappa shape index (κ3) is 5.02. The van der Waals surface area contributed by atoms with Gasteiger partial charge in [-0.1, -0.05) is 62.4 Å². The van der Waals surface area contributed by atoms with Crippen LogP contribution in [0, 0.1) is 0 Å². The molecule has 1 unspecified atom stereocenters. The molecule has 1 heterocycles. The molecule has 28 heavy (non-hydrogen) atoms. The van der Waals surface area contributed by atoms with Crippen molar-refractivity contribution in [1.29, 1.82) is 0 Å². The number of hydrogen-bond acceptors (Lipinski definition) is 2. The molecule has 1 atom stereocenters. The number of aryl methyl sites for hydroxylation is 1. The number of hydrogen-bond donors (Lipinski definition) is 2. The number of benzene rings is 2. The van der Waals surface area contributed by atoms with Gasteiger partial charge in [-0.2, -0.15) is 0 Å². The lowest BCUT2D eigenvalue weighted by atomic mass is 10.0. The molecule has 0 aliphatic rings. The van der Waals surface area contributed by atoms with Crippen molar-refractivity contribution < 1.29 is 4.79 Å². The average Bonchev–Trinajstić information content (AvgIpc) is 3.15. The second kappa shape index (κ2) is 10.1. The third-order valence-corrected chi connectivity index (χ3v) is 5.45. The van der Waals surface area contributed by atoms with Crippen LogP contribution >= 0.6 is 0 Å². The number of nitrogens with one attached hydrogen (secondary N) is 2. The van der Waals surface area contributed by atoms with E-state index in [1.54, 1.807) is 0 Å². The molecule has 0 spiro atoms. The Hall–Kier alpha value is -2.59. The minimum absolute atomic E-state index is 0.132. The van der Waals surface area contributed by atoms with Crippen LogP contribution in [-0.2, 0) is 11.2 Å². The largest absolute Gasteiger partial charge is 0.361 e. The maximum absolute atomic E-state index is 12.4. The van der Waals surface area contributed by atoms with Crippen LogP contribution in [0.15, 0.2) is 60.8 Å². The van der Waals surface area contributed by atoms with Gasteiger partial charge in [0.25, 0.3) is 0 Å². The fraction of sp³-hybridized carbons (Fsp3) is 0.375. The normalized spacial score (nSPS) is 12.4. The number of fused-ring (bicyclic) bond motifs is 1. The number of para-hydroxylation sites is 1. The first-order valence-corrected chi connectivity index (χ1v) is 10.3. The molecule has 0 saturated carbocycles. The van der Waals surface area contributed by atoms with Crippen molar-refractivity contribution in [3.63, 3.8) is 0 Å². The molecule has 0 bridgehead atoms. The number of rotatable bonds is 10. The number of likely N-dealkylation sites (N-methyl/N-ethyl adjacent to an activating group) is 1. The first-order valence-electron chi connectivity index (χ1n) is 10.3. The summed E-state index contributed by atoms with van der Waals surface area (Å²) in [6.07, 6.45) is 4.39. The predicted molar refractivity (Wildman–Crippen MR) is 116 cm³/mol. The highest BCUT2D eigenvalue weighted by molar-refractivity contribution is 5.83. The second-order valence-electron chi connectivity index (χ2n) is 7.16. The highest BCUT2D eigenvalue weighted by Gasteiger charge is 2.18. The van der Waals surface area contributed by atoms with Crippen LogP contribution in [0.25, 0.3) is 10.9 Å². The van der Waals surface area contributed by atoms with Gasteiger partial charge in [-0.05, 0) is 43.1 Å². The van der Waals surface area contributed by atoms with Crippen molar-refractivity contribution in [1.82, 2.24) is 15.2 Å². The van der Waals surface area contributed by atoms with E-state index in [1.807, 2.05) is 12.1 Å². The lowest BCUT2D eigenvalue weighted by Gasteiger charge is -2.30. The minimum atomic E-state index is 0.132. The maximum atomic E-state index is 12.4. The second-order valence-corrected chi connectivity index (χ2v) is 7.16. The van der Waals surface area contributed by atoms with E-state index in [4.69, 9.17) is 0 Å². The third-order valence-electron chi connectivity index (χ3n) is 5.45. The van der Waals surface area contributed by atoms with Crippen LogP contribution in [0.5, 0.6) is 0 Å². The van der Waals surface area contributed by atoms with E-state index in [-0.39, 0.29) is 11.9 Å². The van der Waals surface area contributed by atoms with Crippen molar-refractivity contribution in [3.8, 4) is 0 Å². The quantitative estimate of drug-likeness (QED) is 0.538. The molecule has 0 aliphatic carbocycles.